The van der Waals surface area contributed by atoms with E-state index >= 15 is 0 Å². The van der Waals surface area contributed by atoms with Crippen LogP contribution in [0.2, 0.25) is 0 Å². The summed E-state index contributed by atoms with van der Waals surface area (Å²) in [5, 5.41) is -0.272. The molecule has 3 rings (SSSR count). The number of hydrogen-bond acceptors (Lipinski definition) is 5. The van der Waals surface area contributed by atoms with Crippen LogP contribution in [0, 0.1) is 12.8 Å². The van der Waals surface area contributed by atoms with Crippen LogP contribution < -0.4 is 9.47 Å². The van der Waals surface area contributed by atoms with Gasteiger partial charge in [-0.1, -0.05) is 38.1 Å². The van der Waals surface area contributed by atoms with Gasteiger partial charge in [-0.25, -0.2) is 0 Å². The average Bonchev–Trinajstić information content (AvgIpc) is 2.95. The molecule has 0 bridgehead atoms. The summed E-state index contributed by atoms with van der Waals surface area (Å²) in [4.78, 5) is 26.5. The predicted octanol–water partition coefficient (Wildman–Crippen LogP) is 5.15. The van der Waals surface area contributed by atoms with Crippen LogP contribution in [-0.2, 0) is 4.79 Å². The van der Waals surface area contributed by atoms with Gasteiger partial charge in [0.15, 0.2) is 0 Å². The summed E-state index contributed by atoms with van der Waals surface area (Å²) in [6.45, 7) is 7.31. The first kappa shape index (κ1) is 21.0. The Hall–Kier alpha value is -2.73. The molecule has 0 unspecified atom stereocenters. The van der Waals surface area contributed by atoms with Crippen molar-refractivity contribution in [2.75, 3.05) is 19.8 Å². The molecular weight excluding hydrogens is 386 g/mol. The molecule has 1 fully saturated rings. The second-order valence-electron chi connectivity index (χ2n) is 7.27. The Balaban J connectivity index is 1.57. The Morgan fingerprint density at radius 2 is 1.79 bits per heavy atom. The van der Waals surface area contributed by atoms with Gasteiger partial charge >= 0.3 is 0 Å². The van der Waals surface area contributed by atoms with Crippen molar-refractivity contribution in [3.05, 3.63) is 64.6 Å². The Morgan fingerprint density at radius 3 is 2.48 bits per heavy atom. The van der Waals surface area contributed by atoms with Crippen LogP contribution in [0.3, 0.4) is 0 Å². The monoisotopic (exact) mass is 411 g/mol. The predicted molar refractivity (Wildman–Crippen MR) is 116 cm³/mol. The second kappa shape index (κ2) is 9.65. The maximum Gasteiger partial charge on any atom is 0.293 e. The van der Waals surface area contributed by atoms with E-state index in [0.717, 1.165) is 34.4 Å². The molecule has 152 valence electrons. The van der Waals surface area contributed by atoms with E-state index in [1.165, 1.54) is 4.90 Å². The number of aryl methyl sites for hydroxylation is 1. The van der Waals surface area contributed by atoms with Crippen LogP contribution in [0.4, 0.5) is 4.79 Å². The number of imide groups is 1. The minimum Gasteiger partial charge on any atom is -0.493 e. The summed E-state index contributed by atoms with van der Waals surface area (Å²) in [7, 11) is 0. The molecule has 0 saturated carbocycles. The zero-order chi connectivity index (χ0) is 20.8. The van der Waals surface area contributed by atoms with Gasteiger partial charge in [0.1, 0.15) is 18.1 Å². The first-order valence-electron chi connectivity index (χ1n) is 9.60. The zero-order valence-electron chi connectivity index (χ0n) is 16.9. The highest BCUT2D eigenvalue weighted by atomic mass is 32.2. The lowest BCUT2D eigenvalue weighted by Crippen LogP contribution is -2.32. The third-order valence-electron chi connectivity index (χ3n) is 4.21. The summed E-state index contributed by atoms with van der Waals surface area (Å²) in [5.74, 6) is 1.69. The van der Waals surface area contributed by atoms with Crippen molar-refractivity contribution in [1.82, 2.24) is 4.90 Å². The second-order valence-corrected chi connectivity index (χ2v) is 8.27. The van der Waals surface area contributed by atoms with Gasteiger partial charge in [0.05, 0.1) is 18.1 Å². The molecule has 0 N–H and O–H groups in total. The molecule has 1 saturated heterocycles. The van der Waals surface area contributed by atoms with Crippen LogP contribution >= 0.6 is 11.8 Å². The molecule has 0 aromatic heterocycles. The summed E-state index contributed by atoms with van der Waals surface area (Å²) >= 11 is 0.955. The average molecular weight is 412 g/mol. The quantitative estimate of drug-likeness (QED) is 0.563. The molecule has 0 radical (unpaired) electrons. The number of thioether (sulfide) groups is 1. The number of ether oxygens (including phenoxy) is 2. The number of amides is 2. The minimum atomic E-state index is -0.284. The zero-order valence-corrected chi connectivity index (χ0v) is 17.7. The molecule has 5 nitrogen and oxygen atoms in total. The fourth-order valence-electron chi connectivity index (χ4n) is 2.73. The Bertz CT molecular complexity index is 905. The van der Waals surface area contributed by atoms with E-state index in [4.69, 9.17) is 9.47 Å². The highest BCUT2D eigenvalue weighted by Gasteiger charge is 2.34. The normalized spacial score (nSPS) is 15.4. The molecular formula is C23H25NO4S. The molecule has 1 aliphatic heterocycles. The van der Waals surface area contributed by atoms with Gasteiger partial charge in [-0.2, -0.15) is 0 Å². The van der Waals surface area contributed by atoms with Crippen molar-refractivity contribution in [2.24, 2.45) is 5.92 Å². The number of rotatable bonds is 8. The highest BCUT2D eigenvalue weighted by Crippen LogP contribution is 2.32. The van der Waals surface area contributed by atoms with E-state index in [2.05, 4.69) is 13.8 Å². The van der Waals surface area contributed by atoms with Crippen molar-refractivity contribution in [3.63, 3.8) is 0 Å². The lowest BCUT2D eigenvalue weighted by Gasteiger charge is -2.13. The molecule has 6 heteroatoms. The SMILES string of the molecule is Cc1cccc(OCCN2C(=O)S/C(=C\c3ccc(OCC(C)C)cc3)C2=O)c1. The van der Waals surface area contributed by atoms with Crippen LogP contribution in [0.1, 0.15) is 25.0 Å². The summed E-state index contributed by atoms with van der Waals surface area (Å²) in [6, 6.07) is 15.2. The maximum absolute atomic E-state index is 12.6. The summed E-state index contributed by atoms with van der Waals surface area (Å²) in [6.07, 6.45) is 1.73. The smallest absolute Gasteiger partial charge is 0.293 e. The number of benzene rings is 2. The summed E-state index contributed by atoms with van der Waals surface area (Å²) in [5.41, 5.74) is 1.95. The highest BCUT2D eigenvalue weighted by molar-refractivity contribution is 8.18. The van der Waals surface area contributed by atoms with E-state index in [-0.39, 0.29) is 24.3 Å². The Morgan fingerprint density at radius 1 is 1.03 bits per heavy atom. The molecule has 0 atom stereocenters. The van der Waals surface area contributed by atoms with Gasteiger partial charge in [-0.15, -0.1) is 0 Å². The number of carbonyl (C=O) groups is 2. The van der Waals surface area contributed by atoms with Gasteiger partial charge in [0.2, 0.25) is 0 Å². The van der Waals surface area contributed by atoms with Gasteiger partial charge in [-0.05, 0) is 66.1 Å². The van der Waals surface area contributed by atoms with E-state index < -0.39 is 0 Å². The van der Waals surface area contributed by atoms with Crippen molar-refractivity contribution in [3.8, 4) is 11.5 Å². The van der Waals surface area contributed by atoms with Crippen molar-refractivity contribution in [1.29, 1.82) is 0 Å². The Kier molecular flexibility index (Phi) is 6.99. The van der Waals surface area contributed by atoms with Gasteiger partial charge in [-0.3, -0.25) is 14.5 Å². The lowest BCUT2D eigenvalue weighted by atomic mass is 10.2. The van der Waals surface area contributed by atoms with Crippen molar-refractivity contribution < 1.29 is 19.1 Å². The molecule has 2 amide bonds. The number of carbonyl (C=O) groups excluding carboxylic acids is 2. The first-order valence-corrected chi connectivity index (χ1v) is 10.4. The Labute approximate surface area is 175 Å². The lowest BCUT2D eigenvalue weighted by molar-refractivity contribution is -0.123. The van der Waals surface area contributed by atoms with E-state index in [0.29, 0.717) is 17.4 Å². The fraction of sp³-hybridized carbons (Fsp3) is 0.304. The molecule has 0 spiro atoms. The molecule has 1 heterocycles. The number of nitrogens with zero attached hydrogens (tertiary/aromatic N) is 1. The molecule has 1 aliphatic rings. The van der Waals surface area contributed by atoms with Crippen LogP contribution in [0.5, 0.6) is 11.5 Å². The van der Waals surface area contributed by atoms with Gasteiger partial charge in [0, 0.05) is 0 Å². The molecule has 2 aromatic rings. The largest absolute Gasteiger partial charge is 0.493 e. The van der Waals surface area contributed by atoms with Crippen LogP contribution in [-0.4, -0.2) is 35.8 Å². The third-order valence-corrected chi connectivity index (χ3v) is 5.12. The minimum absolute atomic E-state index is 0.220. The van der Waals surface area contributed by atoms with Crippen molar-refractivity contribution in [2.45, 2.75) is 20.8 Å². The number of hydrogen-bond donors (Lipinski definition) is 0. The van der Waals surface area contributed by atoms with E-state index in [9.17, 15) is 9.59 Å². The first-order chi connectivity index (χ1) is 13.9. The van der Waals surface area contributed by atoms with Crippen molar-refractivity contribution >= 4 is 29.0 Å². The molecule has 0 aliphatic carbocycles. The van der Waals surface area contributed by atoms with Gasteiger partial charge < -0.3 is 9.47 Å². The van der Waals surface area contributed by atoms with E-state index in [1.54, 1.807) is 6.08 Å². The van der Waals surface area contributed by atoms with E-state index in [1.807, 2.05) is 55.5 Å². The fourth-order valence-corrected chi connectivity index (χ4v) is 3.59. The molecule has 29 heavy (non-hydrogen) atoms. The topological polar surface area (TPSA) is 55.8 Å². The molecule has 2 aromatic carbocycles. The maximum atomic E-state index is 12.6. The van der Waals surface area contributed by atoms with Crippen LogP contribution in [0.15, 0.2) is 53.4 Å². The van der Waals surface area contributed by atoms with Crippen LogP contribution in [0.25, 0.3) is 6.08 Å². The third kappa shape index (κ3) is 5.87. The standard InChI is InChI=1S/C23H25NO4S/c1-16(2)15-28-19-9-7-18(8-10-19)14-21-22(25)24(23(26)29-21)11-12-27-20-6-4-5-17(3)13-20/h4-10,13-14,16H,11-12,15H2,1-3H3/b21-14-. The summed E-state index contributed by atoms with van der Waals surface area (Å²) < 4.78 is 11.3. The van der Waals surface area contributed by atoms with Gasteiger partial charge in [0.25, 0.3) is 11.1 Å².